The van der Waals surface area contributed by atoms with Crippen molar-refractivity contribution in [1.29, 1.82) is 0 Å². The maximum atomic E-state index is 11.9. The molecule has 90 valence electrons. The second-order valence-corrected chi connectivity index (χ2v) is 3.69. The van der Waals surface area contributed by atoms with Crippen LogP contribution in [-0.2, 0) is 11.3 Å². The number of carbonyl (C=O) groups is 1. The zero-order chi connectivity index (χ0) is 12.0. The van der Waals surface area contributed by atoms with Crippen molar-refractivity contribution in [3.8, 4) is 0 Å². The number of furan rings is 1. The number of hydrogen-bond donors (Lipinski definition) is 1. The SMILES string of the molecule is CCN(CC)C(=O)C(C)NCc1ccco1. The molecule has 1 heterocycles. The van der Waals surface area contributed by atoms with Gasteiger partial charge in [0, 0.05) is 13.1 Å². The largest absolute Gasteiger partial charge is 0.468 e. The van der Waals surface area contributed by atoms with Crippen molar-refractivity contribution in [1.82, 2.24) is 10.2 Å². The van der Waals surface area contributed by atoms with Crippen LogP contribution in [0.2, 0.25) is 0 Å². The molecule has 1 aromatic rings. The van der Waals surface area contributed by atoms with Gasteiger partial charge in [-0.05, 0) is 32.9 Å². The van der Waals surface area contributed by atoms with E-state index in [1.807, 2.05) is 37.8 Å². The van der Waals surface area contributed by atoms with Gasteiger partial charge in [0.1, 0.15) is 5.76 Å². The molecule has 1 aromatic heterocycles. The molecular formula is C12H20N2O2. The summed E-state index contributed by atoms with van der Waals surface area (Å²) in [5.41, 5.74) is 0. The Morgan fingerprint density at radius 3 is 2.69 bits per heavy atom. The Morgan fingerprint density at radius 1 is 1.50 bits per heavy atom. The maximum absolute atomic E-state index is 11.9. The lowest BCUT2D eigenvalue weighted by Gasteiger charge is -2.23. The first-order valence-electron chi connectivity index (χ1n) is 5.73. The predicted molar refractivity (Wildman–Crippen MR) is 62.9 cm³/mol. The second kappa shape index (κ2) is 6.33. The Kier molecular flexibility index (Phi) is 5.05. The van der Waals surface area contributed by atoms with Crippen molar-refractivity contribution in [3.63, 3.8) is 0 Å². The van der Waals surface area contributed by atoms with Crippen LogP contribution in [-0.4, -0.2) is 29.9 Å². The third kappa shape index (κ3) is 3.38. The van der Waals surface area contributed by atoms with E-state index in [1.54, 1.807) is 6.26 Å². The molecule has 1 rings (SSSR count). The summed E-state index contributed by atoms with van der Waals surface area (Å²) in [6, 6.07) is 3.56. The summed E-state index contributed by atoms with van der Waals surface area (Å²) in [4.78, 5) is 13.7. The molecule has 0 spiro atoms. The quantitative estimate of drug-likeness (QED) is 0.798. The molecule has 0 aliphatic heterocycles. The molecule has 0 bridgehead atoms. The molecule has 0 radical (unpaired) electrons. The summed E-state index contributed by atoms with van der Waals surface area (Å²) < 4.78 is 5.19. The van der Waals surface area contributed by atoms with Gasteiger partial charge in [0.15, 0.2) is 0 Å². The highest BCUT2D eigenvalue weighted by Crippen LogP contribution is 2.01. The Labute approximate surface area is 96.6 Å². The molecule has 1 amide bonds. The molecular weight excluding hydrogens is 204 g/mol. The number of nitrogens with one attached hydrogen (secondary N) is 1. The smallest absolute Gasteiger partial charge is 0.239 e. The van der Waals surface area contributed by atoms with Gasteiger partial charge in [0.25, 0.3) is 0 Å². The molecule has 0 aliphatic rings. The van der Waals surface area contributed by atoms with Gasteiger partial charge in [0.05, 0.1) is 18.8 Å². The van der Waals surface area contributed by atoms with Crippen LogP contribution in [0.3, 0.4) is 0 Å². The first kappa shape index (κ1) is 12.8. The van der Waals surface area contributed by atoms with Crippen LogP contribution < -0.4 is 5.32 Å². The minimum Gasteiger partial charge on any atom is -0.468 e. The van der Waals surface area contributed by atoms with Crippen LogP contribution in [0, 0.1) is 0 Å². The van der Waals surface area contributed by atoms with Crippen LogP contribution in [0.25, 0.3) is 0 Å². The summed E-state index contributed by atoms with van der Waals surface area (Å²) >= 11 is 0. The fraction of sp³-hybridized carbons (Fsp3) is 0.583. The van der Waals surface area contributed by atoms with Gasteiger partial charge < -0.3 is 9.32 Å². The van der Waals surface area contributed by atoms with E-state index in [1.165, 1.54) is 0 Å². The highest BCUT2D eigenvalue weighted by molar-refractivity contribution is 5.81. The van der Waals surface area contributed by atoms with Crippen molar-refractivity contribution in [2.24, 2.45) is 0 Å². The van der Waals surface area contributed by atoms with E-state index in [0.717, 1.165) is 18.8 Å². The third-order valence-corrected chi connectivity index (χ3v) is 2.61. The average molecular weight is 224 g/mol. The lowest BCUT2D eigenvalue weighted by atomic mass is 10.2. The van der Waals surface area contributed by atoms with Gasteiger partial charge in [-0.25, -0.2) is 0 Å². The van der Waals surface area contributed by atoms with Crippen molar-refractivity contribution < 1.29 is 9.21 Å². The number of rotatable bonds is 6. The fourth-order valence-corrected chi connectivity index (χ4v) is 1.56. The summed E-state index contributed by atoms with van der Waals surface area (Å²) in [7, 11) is 0. The van der Waals surface area contributed by atoms with Crippen LogP contribution in [0.1, 0.15) is 26.5 Å². The van der Waals surface area contributed by atoms with Gasteiger partial charge in [0.2, 0.25) is 5.91 Å². The molecule has 4 heteroatoms. The van der Waals surface area contributed by atoms with Gasteiger partial charge in [-0.2, -0.15) is 0 Å². The lowest BCUT2D eigenvalue weighted by Crippen LogP contribution is -2.44. The number of hydrogen-bond acceptors (Lipinski definition) is 3. The Balaban J connectivity index is 2.39. The summed E-state index contributed by atoms with van der Waals surface area (Å²) in [5, 5.41) is 3.15. The zero-order valence-corrected chi connectivity index (χ0v) is 10.2. The highest BCUT2D eigenvalue weighted by atomic mass is 16.3. The Bertz CT molecular complexity index is 305. The van der Waals surface area contributed by atoms with Crippen molar-refractivity contribution in [2.45, 2.75) is 33.4 Å². The molecule has 16 heavy (non-hydrogen) atoms. The summed E-state index contributed by atoms with van der Waals surface area (Å²) in [6.07, 6.45) is 1.63. The van der Waals surface area contributed by atoms with Crippen molar-refractivity contribution >= 4 is 5.91 Å². The van der Waals surface area contributed by atoms with Gasteiger partial charge >= 0.3 is 0 Å². The molecule has 1 atom stereocenters. The number of likely N-dealkylation sites (N-methyl/N-ethyl adjacent to an activating group) is 1. The van der Waals surface area contributed by atoms with E-state index >= 15 is 0 Å². The summed E-state index contributed by atoms with van der Waals surface area (Å²) in [5.74, 6) is 0.982. The average Bonchev–Trinajstić information content (AvgIpc) is 2.80. The highest BCUT2D eigenvalue weighted by Gasteiger charge is 2.17. The van der Waals surface area contributed by atoms with E-state index in [9.17, 15) is 4.79 Å². The minimum atomic E-state index is -0.176. The third-order valence-electron chi connectivity index (χ3n) is 2.61. The summed E-state index contributed by atoms with van der Waals surface area (Å²) in [6.45, 7) is 7.94. The van der Waals surface area contributed by atoms with E-state index in [0.29, 0.717) is 6.54 Å². The van der Waals surface area contributed by atoms with Gasteiger partial charge in [-0.1, -0.05) is 0 Å². The van der Waals surface area contributed by atoms with Crippen LogP contribution in [0.15, 0.2) is 22.8 Å². The van der Waals surface area contributed by atoms with Gasteiger partial charge in [-0.3, -0.25) is 10.1 Å². The molecule has 0 saturated heterocycles. The first-order valence-corrected chi connectivity index (χ1v) is 5.73. The van der Waals surface area contributed by atoms with Crippen molar-refractivity contribution in [2.75, 3.05) is 13.1 Å². The van der Waals surface area contributed by atoms with E-state index in [-0.39, 0.29) is 11.9 Å². The molecule has 0 fully saturated rings. The number of nitrogens with zero attached hydrogens (tertiary/aromatic N) is 1. The van der Waals surface area contributed by atoms with E-state index in [2.05, 4.69) is 5.32 Å². The van der Waals surface area contributed by atoms with Crippen LogP contribution >= 0.6 is 0 Å². The van der Waals surface area contributed by atoms with E-state index < -0.39 is 0 Å². The predicted octanol–water partition coefficient (Wildman–Crippen LogP) is 1.63. The fourth-order valence-electron chi connectivity index (χ4n) is 1.56. The molecule has 1 unspecified atom stereocenters. The van der Waals surface area contributed by atoms with Crippen LogP contribution in [0.5, 0.6) is 0 Å². The van der Waals surface area contributed by atoms with Crippen LogP contribution in [0.4, 0.5) is 0 Å². The monoisotopic (exact) mass is 224 g/mol. The Hall–Kier alpha value is -1.29. The molecule has 0 aliphatic carbocycles. The normalized spacial score (nSPS) is 12.4. The lowest BCUT2D eigenvalue weighted by molar-refractivity contribution is -0.132. The maximum Gasteiger partial charge on any atom is 0.239 e. The minimum absolute atomic E-state index is 0.136. The topological polar surface area (TPSA) is 45.5 Å². The molecule has 0 aromatic carbocycles. The molecule has 1 N–H and O–H groups in total. The molecule has 4 nitrogen and oxygen atoms in total. The van der Waals surface area contributed by atoms with E-state index in [4.69, 9.17) is 4.42 Å². The Morgan fingerprint density at radius 2 is 2.19 bits per heavy atom. The van der Waals surface area contributed by atoms with Gasteiger partial charge in [-0.15, -0.1) is 0 Å². The number of amides is 1. The zero-order valence-electron chi connectivity index (χ0n) is 10.2. The standard InChI is InChI=1S/C12H20N2O2/c1-4-14(5-2)12(15)10(3)13-9-11-7-6-8-16-11/h6-8,10,13H,4-5,9H2,1-3H3. The first-order chi connectivity index (χ1) is 7.69. The van der Waals surface area contributed by atoms with Crippen molar-refractivity contribution in [3.05, 3.63) is 24.2 Å². The number of carbonyl (C=O) groups excluding carboxylic acids is 1. The molecule has 0 saturated carbocycles. The second-order valence-electron chi connectivity index (χ2n) is 3.69.